The molecule has 0 saturated carbocycles. The van der Waals surface area contributed by atoms with Gasteiger partial charge in [0.25, 0.3) is 0 Å². The molecule has 2 aromatic rings. The second-order valence-corrected chi connectivity index (χ2v) is 3.90. The number of rotatable bonds is 1. The van der Waals surface area contributed by atoms with Crippen molar-refractivity contribution in [2.24, 2.45) is 0 Å². The molecule has 0 saturated heterocycles. The zero-order valence-electron chi connectivity index (χ0n) is 9.20. The van der Waals surface area contributed by atoms with Crippen LogP contribution in [0.4, 0.5) is 17.1 Å². The first-order valence-corrected chi connectivity index (χ1v) is 5.10. The summed E-state index contributed by atoms with van der Waals surface area (Å²) < 4.78 is 0. The minimum atomic E-state index is 0.587. The molecule has 0 heterocycles. The number of benzene rings is 2. The summed E-state index contributed by atoms with van der Waals surface area (Å²) in [6, 6.07) is 11.5. The van der Waals surface area contributed by atoms with Crippen LogP contribution in [0.5, 0.6) is 0 Å². The van der Waals surface area contributed by atoms with Gasteiger partial charge in [-0.15, -0.1) is 0 Å². The minimum Gasteiger partial charge on any atom is -0.398 e. The van der Waals surface area contributed by atoms with E-state index in [1.807, 2.05) is 43.3 Å². The van der Waals surface area contributed by atoms with E-state index in [0.717, 1.165) is 16.7 Å². The SMILES string of the molecule is Cc1cc(N)c(N)c(-c2ccccc2N)c1. The summed E-state index contributed by atoms with van der Waals surface area (Å²) >= 11 is 0. The van der Waals surface area contributed by atoms with Crippen LogP contribution < -0.4 is 17.2 Å². The van der Waals surface area contributed by atoms with Crippen molar-refractivity contribution in [2.45, 2.75) is 6.92 Å². The van der Waals surface area contributed by atoms with E-state index in [-0.39, 0.29) is 0 Å². The largest absolute Gasteiger partial charge is 0.398 e. The minimum absolute atomic E-state index is 0.587. The van der Waals surface area contributed by atoms with Crippen LogP contribution in [0.1, 0.15) is 5.56 Å². The second kappa shape index (κ2) is 3.77. The van der Waals surface area contributed by atoms with Crippen LogP contribution in [0.2, 0.25) is 0 Å². The molecule has 0 aliphatic rings. The van der Waals surface area contributed by atoms with Gasteiger partial charge >= 0.3 is 0 Å². The van der Waals surface area contributed by atoms with Crippen molar-refractivity contribution in [1.82, 2.24) is 0 Å². The van der Waals surface area contributed by atoms with Gasteiger partial charge in [0, 0.05) is 16.8 Å². The van der Waals surface area contributed by atoms with Crippen LogP contribution in [0.25, 0.3) is 11.1 Å². The highest BCUT2D eigenvalue weighted by atomic mass is 14.7. The number of aryl methyl sites for hydroxylation is 1. The summed E-state index contributed by atoms with van der Waals surface area (Å²) in [5.74, 6) is 0. The molecule has 0 aromatic heterocycles. The molecule has 16 heavy (non-hydrogen) atoms. The van der Waals surface area contributed by atoms with Gasteiger partial charge in [0.2, 0.25) is 0 Å². The summed E-state index contributed by atoms with van der Waals surface area (Å²) in [5.41, 5.74) is 22.5. The van der Waals surface area contributed by atoms with Gasteiger partial charge in [-0.3, -0.25) is 0 Å². The van der Waals surface area contributed by atoms with Gasteiger partial charge in [0.15, 0.2) is 0 Å². The van der Waals surface area contributed by atoms with Gasteiger partial charge in [-0.1, -0.05) is 18.2 Å². The Labute approximate surface area is 94.9 Å². The molecule has 0 unspecified atom stereocenters. The Morgan fingerprint density at radius 2 is 1.50 bits per heavy atom. The first kappa shape index (κ1) is 10.4. The highest BCUT2D eigenvalue weighted by Crippen LogP contribution is 2.34. The fourth-order valence-electron chi connectivity index (χ4n) is 1.79. The lowest BCUT2D eigenvalue weighted by Gasteiger charge is -2.12. The van der Waals surface area contributed by atoms with Crippen molar-refractivity contribution in [2.75, 3.05) is 17.2 Å². The zero-order chi connectivity index (χ0) is 11.7. The highest BCUT2D eigenvalue weighted by Gasteiger charge is 2.08. The molecule has 6 N–H and O–H groups in total. The van der Waals surface area contributed by atoms with E-state index in [4.69, 9.17) is 17.2 Å². The maximum Gasteiger partial charge on any atom is 0.0628 e. The van der Waals surface area contributed by atoms with Gasteiger partial charge in [0.1, 0.15) is 0 Å². The third-order valence-electron chi connectivity index (χ3n) is 2.61. The molecule has 0 fully saturated rings. The topological polar surface area (TPSA) is 78.1 Å². The van der Waals surface area contributed by atoms with Crippen molar-refractivity contribution in [3.05, 3.63) is 42.0 Å². The van der Waals surface area contributed by atoms with Crippen LogP contribution in [0.3, 0.4) is 0 Å². The quantitative estimate of drug-likeness (QED) is 0.636. The molecule has 0 aliphatic carbocycles. The van der Waals surface area contributed by atoms with Crippen molar-refractivity contribution < 1.29 is 0 Å². The number of para-hydroxylation sites is 1. The van der Waals surface area contributed by atoms with Gasteiger partial charge < -0.3 is 17.2 Å². The van der Waals surface area contributed by atoms with Gasteiger partial charge in [-0.25, -0.2) is 0 Å². The van der Waals surface area contributed by atoms with E-state index in [1.165, 1.54) is 0 Å². The lowest BCUT2D eigenvalue weighted by molar-refractivity contribution is 1.46. The predicted octanol–water partition coefficient (Wildman–Crippen LogP) is 2.41. The van der Waals surface area contributed by atoms with Gasteiger partial charge in [-0.2, -0.15) is 0 Å². The molecule has 0 bridgehead atoms. The van der Waals surface area contributed by atoms with E-state index < -0.39 is 0 Å². The fraction of sp³-hybridized carbons (Fsp3) is 0.0769. The number of anilines is 3. The third kappa shape index (κ3) is 1.67. The molecule has 0 amide bonds. The molecule has 3 heteroatoms. The Bertz CT molecular complexity index is 533. The summed E-state index contributed by atoms with van der Waals surface area (Å²) in [4.78, 5) is 0. The number of hydrogen-bond donors (Lipinski definition) is 3. The third-order valence-corrected chi connectivity index (χ3v) is 2.61. The molecule has 0 spiro atoms. The van der Waals surface area contributed by atoms with E-state index in [0.29, 0.717) is 17.1 Å². The normalized spacial score (nSPS) is 10.3. The van der Waals surface area contributed by atoms with E-state index in [9.17, 15) is 0 Å². The Morgan fingerprint density at radius 1 is 0.812 bits per heavy atom. The van der Waals surface area contributed by atoms with E-state index >= 15 is 0 Å². The first-order valence-electron chi connectivity index (χ1n) is 5.10. The van der Waals surface area contributed by atoms with E-state index in [2.05, 4.69) is 0 Å². The Kier molecular flexibility index (Phi) is 2.44. The zero-order valence-corrected chi connectivity index (χ0v) is 9.20. The van der Waals surface area contributed by atoms with Crippen LogP contribution >= 0.6 is 0 Å². The van der Waals surface area contributed by atoms with Gasteiger partial charge in [-0.05, 0) is 30.7 Å². The molecule has 82 valence electrons. The fourth-order valence-corrected chi connectivity index (χ4v) is 1.79. The molecule has 2 rings (SSSR count). The number of nitrogen functional groups attached to an aromatic ring is 3. The summed E-state index contributed by atoms with van der Waals surface area (Å²) in [6.45, 7) is 1.98. The predicted molar refractivity (Wildman–Crippen MR) is 69.9 cm³/mol. The van der Waals surface area contributed by atoms with Crippen molar-refractivity contribution in [1.29, 1.82) is 0 Å². The van der Waals surface area contributed by atoms with Crippen LogP contribution in [-0.2, 0) is 0 Å². The Morgan fingerprint density at radius 3 is 2.19 bits per heavy atom. The summed E-state index contributed by atoms with van der Waals surface area (Å²) in [7, 11) is 0. The standard InChI is InChI=1S/C13H15N3/c1-8-6-10(13(16)12(15)7-8)9-4-2-3-5-11(9)14/h2-7H,14-16H2,1H3. The molecule has 3 nitrogen and oxygen atoms in total. The van der Waals surface area contributed by atoms with Crippen LogP contribution in [-0.4, -0.2) is 0 Å². The average molecular weight is 213 g/mol. The summed E-state index contributed by atoms with van der Waals surface area (Å²) in [6.07, 6.45) is 0. The first-order chi connectivity index (χ1) is 7.59. The molecule has 0 atom stereocenters. The maximum absolute atomic E-state index is 5.97. The lowest BCUT2D eigenvalue weighted by atomic mass is 9.99. The second-order valence-electron chi connectivity index (χ2n) is 3.90. The molecular weight excluding hydrogens is 198 g/mol. The lowest BCUT2D eigenvalue weighted by Crippen LogP contribution is -1.99. The summed E-state index contributed by atoms with van der Waals surface area (Å²) in [5, 5.41) is 0. The molecule has 0 aliphatic heterocycles. The maximum atomic E-state index is 5.97. The van der Waals surface area contributed by atoms with Crippen LogP contribution in [0, 0.1) is 6.92 Å². The molecular formula is C13H15N3. The monoisotopic (exact) mass is 213 g/mol. The number of hydrogen-bond acceptors (Lipinski definition) is 3. The average Bonchev–Trinajstić information content (AvgIpc) is 2.24. The van der Waals surface area contributed by atoms with E-state index in [1.54, 1.807) is 0 Å². The smallest absolute Gasteiger partial charge is 0.0628 e. The Balaban J connectivity index is 2.69. The van der Waals surface area contributed by atoms with Crippen molar-refractivity contribution in [3.8, 4) is 11.1 Å². The van der Waals surface area contributed by atoms with Crippen LogP contribution in [0.15, 0.2) is 36.4 Å². The molecule has 0 radical (unpaired) electrons. The molecule has 2 aromatic carbocycles. The van der Waals surface area contributed by atoms with Gasteiger partial charge in [0.05, 0.1) is 11.4 Å². The number of nitrogens with two attached hydrogens (primary N) is 3. The van der Waals surface area contributed by atoms with Crippen molar-refractivity contribution in [3.63, 3.8) is 0 Å². The van der Waals surface area contributed by atoms with Crippen molar-refractivity contribution >= 4 is 17.1 Å². The Hall–Kier alpha value is -2.16. The highest BCUT2D eigenvalue weighted by molar-refractivity contribution is 5.89.